The maximum atomic E-state index is 13.1. The quantitative estimate of drug-likeness (QED) is 0.487. The summed E-state index contributed by atoms with van der Waals surface area (Å²) in [6.45, 7) is 0.245. The van der Waals surface area contributed by atoms with E-state index < -0.39 is 29.9 Å². The van der Waals surface area contributed by atoms with Crippen molar-refractivity contribution in [1.29, 1.82) is 0 Å². The zero-order chi connectivity index (χ0) is 25.0. The first-order valence-corrected chi connectivity index (χ1v) is 10.1. The number of carbonyl (C=O) groups excluding carboxylic acids is 1. The molecule has 4 rings (SSSR count). The fourth-order valence-electron chi connectivity index (χ4n) is 3.88. The Morgan fingerprint density at radius 3 is 2.35 bits per heavy atom. The summed E-state index contributed by atoms with van der Waals surface area (Å²) in [5.74, 6) is -1.08. The predicted octanol–water partition coefficient (Wildman–Crippen LogP) is 4.59. The number of nitrogens with zero attached hydrogens (tertiary/aromatic N) is 5. The number of ether oxygens (including phenoxy) is 1. The lowest BCUT2D eigenvalue weighted by atomic mass is 10.0. The Morgan fingerprint density at radius 2 is 1.76 bits per heavy atom. The van der Waals surface area contributed by atoms with Gasteiger partial charge in [-0.05, 0) is 30.7 Å². The number of benzene rings is 1. The van der Waals surface area contributed by atoms with Crippen LogP contribution in [0, 0.1) is 0 Å². The molecule has 1 amide bonds. The minimum atomic E-state index is -4.90. The third kappa shape index (κ3) is 4.56. The summed E-state index contributed by atoms with van der Waals surface area (Å²) in [6.07, 6.45) is -9.20. The maximum absolute atomic E-state index is 13.1. The van der Waals surface area contributed by atoms with E-state index >= 15 is 0 Å². The summed E-state index contributed by atoms with van der Waals surface area (Å²) >= 11 is 6.02. The van der Waals surface area contributed by atoms with Crippen molar-refractivity contribution < 1.29 is 35.9 Å². The van der Waals surface area contributed by atoms with E-state index in [0.717, 1.165) is 28.9 Å². The molecule has 0 aliphatic carbocycles. The highest BCUT2D eigenvalue weighted by Crippen LogP contribution is 2.35. The van der Waals surface area contributed by atoms with E-state index in [1.54, 1.807) is 7.05 Å². The van der Waals surface area contributed by atoms with E-state index in [2.05, 4.69) is 14.9 Å². The molecule has 0 bridgehead atoms. The fraction of sp³-hybridized carbons (Fsp3) is 0.350. The van der Waals surface area contributed by atoms with Crippen molar-refractivity contribution in [2.24, 2.45) is 14.1 Å². The lowest BCUT2D eigenvalue weighted by molar-refractivity contribution is -0.274. The van der Waals surface area contributed by atoms with E-state index in [1.807, 2.05) is 0 Å². The van der Waals surface area contributed by atoms with E-state index in [4.69, 9.17) is 11.6 Å². The number of aromatic nitrogens is 4. The molecule has 0 N–H and O–H groups in total. The number of fused-ring (bicyclic) bond motifs is 1. The first kappa shape index (κ1) is 23.9. The van der Waals surface area contributed by atoms with E-state index in [9.17, 15) is 31.1 Å². The highest BCUT2D eigenvalue weighted by atomic mass is 35.5. The van der Waals surface area contributed by atoms with Crippen molar-refractivity contribution in [1.82, 2.24) is 24.5 Å². The van der Waals surface area contributed by atoms with Crippen LogP contribution >= 0.6 is 11.6 Å². The summed E-state index contributed by atoms with van der Waals surface area (Å²) in [7, 11) is 2.98. The molecule has 0 saturated carbocycles. The molecule has 0 saturated heterocycles. The molecule has 0 unspecified atom stereocenters. The Hall–Kier alpha value is -3.22. The van der Waals surface area contributed by atoms with Crippen molar-refractivity contribution in [3.8, 4) is 17.1 Å². The third-order valence-electron chi connectivity index (χ3n) is 5.31. The van der Waals surface area contributed by atoms with Gasteiger partial charge in [-0.1, -0.05) is 11.6 Å². The minimum Gasteiger partial charge on any atom is -0.406 e. The molecule has 1 aliphatic rings. The van der Waals surface area contributed by atoms with E-state index in [0.29, 0.717) is 23.4 Å². The van der Waals surface area contributed by atoms with Crippen molar-refractivity contribution in [2.45, 2.75) is 25.5 Å². The predicted molar refractivity (Wildman–Crippen MR) is 107 cm³/mol. The van der Waals surface area contributed by atoms with Crippen LogP contribution in [-0.2, 0) is 33.2 Å². The molecule has 7 nitrogen and oxygen atoms in total. The van der Waals surface area contributed by atoms with Crippen LogP contribution in [-0.4, -0.2) is 43.3 Å². The van der Waals surface area contributed by atoms with Gasteiger partial charge in [0.25, 0.3) is 5.91 Å². The van der Waals surface area contributed by atoms with Crippen LogP contribution in [0.2, 0.25) is 5.02 Å². The average molecular weight is 508 g/mol. The molecule has 1 aliphatic heterocycles. The minimum absolute atomic E-state index is 0.0164. The van der Waals surface area contributed by atoms with Gasteiger partial charge in [0.1, 0.15) is 5.75 Å². The number of aryl methyl sites for hydroxylation is 2. The highest BCUT2D eigenvalue weighted by molar-refractivity contribution is 6.34. The Labute approximate surface area is 193 Å². The highest BCUT2D eigenvalue weighted by Gasteiger charge is 2.36. The van der Waals surface area contributed by atoms with Crippen LogP contribution in [0.4, 0.5) is 26.3 Å². The maximum Gasteiger partial charge on any atom is 0.573 e. The molecule has 0 fully saturated rings. The molecule has 0 atom stereocenters. The molecule has 2 aromatic heterocycles. The number of hydrogen-bond acceptors (Lipinski definition) is 4. The Balaban J connectivity index is 1.59. The van der Waals surface area contributed by atoms with Crippen molar-refractivity contribution in [2.75, 3.05) is 6.54 Å². The van der Waals surface area contributed by atoms with E-state index in [1.165, 1.54) is 16.6 Å². The topological polar surface area (TPSA) is 65.2 Å². The van der Waals surface area contributed by atoms with Gasteiger partial charge in [-0.3, -0.25) is 14.2 Å². The first-order valence-electron chi connectivity index (χ1n) is 9.75. The van der Waals surface area contributed by atoms with Gasteiger partial charge in [0.2, 0.25) is 0 Å². The number of alkyl halides is 6. The van der Waals surface area contributed by atoms with Crippen molar-refractivity contribution in [3.63, 3.8) is 0 Å². The molecule has 1 aromatic carbocycles. The van der Waals surface area contributed by atoms with Gasteiger partial charge in [-0.25, -0.2) is 0 Å². The van der Waals surface area contributed by atoms with Crippen LogP contribution in [0.5, 0.6) is 5.75 Å². The Bertz CT molecular complexity index is 1260. The van der Waals surface area contributed by atoms with Gasteiger partial charge in [0.15, 0.2) is 5.69 Å². The second-order valence-corrected chi connectivity index (χ2v) is 8.01. The lowest BCUT2D eigenvalue weighted by Gasteiger charge is -2.27. The monoisotopic (exact) mass is 507 g/mol. The standard InChI is InChI=1S/C20H16ClF6N5O2/c1-30-15(8-16(29-30)19(22,23)24)17-12-5-6-32(9-14(12)28-31(17)2)18(33)11-4-3-10(7-13(11)21)34-20(25,26)27/h3-4,7-8H,5-6,9H2,1-2H3. The molecular formula is C20H16ClF6N5O2. The SMILES string of the molecule is Cn1nc(C(F)(F)F)cc1-c1c2c(nn1C)CN(C(=O)c1ccc(OC(F)(F)F)cc1Cl)CC2. The number of halogens is 7. The molecule has 3 heterocycles. The van der Waals surface area contributed by atoms with Gasteiger partial charge in [0, 0.05) is 26.2 Å². The molecule has 0 spiro atoms. The first-order chi connectivity index (χ1) is 15.7. The number of carbonyl (C=O) groups is 1. The molecule has 34 heavy (non-hydrogen) atoms. The number of hydrogen-bond donors (Lipinski definition) is 0. The summed E-state index contributed by atoms with van der Waals surface area (Å²) < 4.78 is 82.8. The van der Waals surface area contributed by atoms with Crippen LogP contribution in [0.15, 0.2) is 24.3 Å². The number of amides is 1. The lowest BCUT2D eigenvalue weighted by Crippen LogP contribution is -2.36. The Morgan fingerprint density at radius 1 is 1.06 bits per heavy atom. The summed E-state index contributed by atoms with van der Waals surface area (Å²) in [6, 6.07) is 3.97. The zero-order valence-electron chi connectivity index (χ0n) is 17.6. The smallest absolute Gasteiger partial charge is 0.406 e. The molecular weight excluding hydrogens is 492 g/mol. The molecule has 0 radical (unpaired) electrons. The summed E-state index contributed by atoms with van der Waals surface area (Å²) in [4.78, 5) is 14.4. The zero-order valence-corrected chi connectivity index (χ0v) is 18.4. The summed E-state index contributed by atoms with van der Waals surface area (Å²) in [5, 5.41) is 7.69. The van der Waals surface area contributed by atoms with Crippen LogP contribution in [0.25, 0.3) is 11.4 Å². The van der Waals surface area contributed by atoms with Crippen molar-refractivity contribution in [3.05, 3.63) is 51.8 Å². The van der Waals surface area contributed by atoms with E-state index in [-0.39, 0.29) is 29.4 Å². The van der Waals surface area contributed by atoms with Crippen LogP contribution in [0.3, 0.4) is 0 Å². The number of rotatable bonds is 3. The fourth-order valence-corrected chi connectivity index (χ4v) is 4.13. The second kappa shape index (κ2) is 8.22. The molecule has 182 valence electrons. The Kier molecular flexibility index (Phi) is 5.78. The van der Waals surface area contributed by atoms with Gasteiger partial charge in [-0.15, -0.1) is 13.2 Å². The van der Waals surface area contributed by atoms with Crippen molar-refractivity contribution >= 4 is 17.5 Å². The van der Waals surface area contributed by atoms with Crippen LogP contribution < -0.4 is 4.74 Å². The van der Waals surface area contributed by atoms with Gasteiger partial charge >= 0.3 is 12.5 Å². The summed E-state index contributed by atoms with van der Waals surface area (Å²) in [5.41, 5.74) is 0.812. The third-order valence-corrected chi connectivity index (χ3v) is 5.62. The van der Waals surface area contributed by atoms with Gasteiger partial charge < -0.3 is 9.64 Å². The second-order valence-electron chi connectivity index (χ2n) is 7.60. The molecule has 14 heteroatoms. The van der Waals surface area contributed by atoms with Gasteiger partial charge in [-0.2, -0.15) is 23.4 Å². The molecule has 3 aromatic rings. The van der Waals surface area contributed by atoms with Gasteiger partial charge in [0.05, 0.1) is 34.2 Å². The average Bonchev–Trinajstić information content (AvgIpc) is 3.24. The largest absolute Gasteiger partial charge is 0.573 e. The van der Waals surface area contributed by atoms with Crippen LogP contribution in [0.1, 0.15) is 27.3 Å². The normalized spacial score (nSPS) is 14.3.